The monoisotopic (exact) mass is 186 g/mol. The Kier molecular flexibility index (Phi) is 3.76. The molecule has 72 valence electrons. The first-order chi connectivity index (χ1) is 6.20. The summed E-state index contributed by atoms with van der Waals surface area (Å²) in [5.41, 5.74) is 1.84. The van der Waals surface area contributed by atoms with Crippen LogP contribution in [0.15, 0.2) is 18.3 Å². The smallest absolute Gasteiger partial charge is 0.250 e. The average molecular weight is 186 g/mol. The molecule has 0 saturated carbocycles. The molecule has 13 heavy (non-hydrogen) atoms. The number of alkyl halides is 2. The van der Waals surface area contributed by atoms with Gasteiger partial charge in [0.05, 0.1) is 6.54 Å². The molecule has 0 fully saturated rings. The van der Waals surface area contributed by atoms with E-state index >= 15 is 0 Å². The van der Waals surface area contributed by atoms with Gasteiger partial charge in [-0.05, 0) is 18.6 Å². The predicted octanol–water partition coefficient (Wildman–Crippen LogP) is 1.74. The van der Waals surface area contributed by atoms with Gasteiger partial charge >= 0.3 is 0 Å². The van der Waals surface area contributed by atoms with E-state index in [2.05, 4.69) is 10.3 Å². The van der Waals surface area contributed by atoms with Crippen LogP contribution in [0.1, 0.15) is 11.3 Å². The maximum Gasteiger partial charge on any atom is 0.250 e. The van der Waals surface area contributed by atoms with Gasteiger partial charge in [-0.1, -0.05) is 6.07 Å². The van der Waals surface area contributed by atoms with Gasteiger partial charge in [-0.3, -0.25) is 4.98 Å². The number of aromatic nitrogens is 1. The molecule has 0 bridgehead atoms. The highest BCUT2D eigenvalue weighted by atomic mass is 19.3. The Balaban J connectivity index is 2.41. The maximum atomic E-state index is 11.8. The number of rotatable bonds is 4. The molecule has 0 radical (unpaired) electrons. The van der Waals surface area contributed by atoms with Crippen LogP contribution in [0.4, 0.5) is 8.78 Å². The van der Waals surface area contributed by atoms with Crippen LogP contribution in [-0.4, -0.2) is 18.0 Å². The van der Waals surface area contributed by atoms with E-state index in [-0.39, 0.29) is 6.54 Å². The van der Waals surface area contributed by atoms with Gasteiger partial charge < -0.3 is 5.32 Å². The third-order valence-corrected chi connectivity index (χ3v) is 1.73. The van der Waals surface area contributed by atoms with Gasteiger partial charge in [0.25, 0.3) is 6.43 Å². The zero-order valence-corrected chi connectivity index (χ0v) is 7.43. The summed E-state index contributed by atoms with van der Waals surface area (Å²) in [5, 5.41) is 2.65. The number of hydrogen-bond acceptors (Lipinski definition) is 2. The quantitative estimate of drug-likeness (QED) is 0.774. The molecule has 0 unspecified atom stereocenters. The zero-order chi connectivity index (χ0) is 9.68. The van der Waals surface area contributed by atoms with E-state index in [4.69, 9.17) is 0 Å². The summed E-state index contributed by atoms with van der Waals surface area (Å²) < 4.78 is 23.5. The van der Waals surface area contributed by atoms with Crippen LogP contribution in [0, 0.1) is 6.92 Å². The normalized spacial score (nSPS) is 10.8. The molecule has 1 heterocycles. The van der Waals surface area contributed by atoms with Crippen LogP contribution >= 0.6 is 0 Å². The molecule has 4 heteroatoms. The van der Waals surface area contributed by atoms with Crippen LogP contribution in [0.5, 0.6) is 0 Å². The molecule has 0 aliphatic rings. The Labute approximate surface area is 76.0 Å². The molecule has 0 aliphatic heterocycles. The minimum absolute atomic E-state index is 0.270. The Morgan fingerprint density at radius 2 is 2.31 bits per heavy atom. The van der Waals surface area contributed by atoms with Crippen molar-refractivity contribution < 1.29 is 8.78 Å². The number of halogens is 2. The second-order valence-electron chi connectivity index (χ2n) is 2.77. The van der Waals surface area contributed by atoms with Gasteiger partial charge in [0, 0.05) is 18.4 Å². The second-order valence-corrected chi connectivity index (χ2v) is 2.77. The first-order valence-corrected chi connectivity index (χ1v) is 4.09. The molecule has 2 nitrogen and oxygen atoms in total. The molecule has 1 aromatic rings. The van der Waals surface area contributed by atoms with Crippen LogP contribution in [-0.2, 0) is 6.54 Å². The Morgan fingerprint density at radius 1 is 1.54 bits per heavy atom. The lowest BCUT2D eigenvalue weighted by atomic mass is 10.2. The molecule has 1 N–H and O–H groups in total. The highest BCUT2D eigenvalue weighted by Crippen LogP contribution is 2.02. The number of aryl methyl sites for hydroxylation is 1. The summed E-state index contributed by atoms with van der Waals surface area (Å²) in [5.74, 6) is 0. The van der Waals surface area contributed by atoms with Crippen molar-refractivity contribution in [3.63, 3.8) is 0 Å². The summed E-state index contributed by atoms with van der Waals surface area (Å²) in [6.07, 6.45) is -0.608. The van der Waals surface area contributed by atoms with E-state index in [1.54, 1.807) is 12.3 Å². The lowest BCUT2D eigenvalue weighted by Crippen LogP contribution is -2.21. The van der Waals surface area contributed by atoms with E-state index in [9.17, 15) is 8.78 Å². The van der Waals surface area contributed by atoms with Gasteiger partial charge in [0.1, 0.15) is 0 Å². The maximum absolute atomic E-state index is 11.8. The molecule has 0 spiro atoms. The van der Waals surface area contributed by atoms with Crippen molar-refractivity contribution in [1.29, 1.82) is 0 Å². The second kappa shape index (κ2) is 4.87. The van der Waals surface area contributed by atoms with Gasteiger partial charge in [-0.15, -0.1) is 0 Å². The summed E-state index contributed by atoms with van der Waals surface area (Å²) in [7, 11) is 0. The zero-order valence-electron chi connectivity index (χ0n) is 7.43. The average Bonchev–Trinajstić information content (AvgIpc) is 2.08. The van der Waals surface area contributed by atoms with Gasteiger partial charge in [0.15, 0.2) is 0 Å². The highest BCUT2D eigenvalue weighted by molar-refractivity contribution is 5.17. The molecule has 0 aromatic carbocycles. The minimum atomic E-state index is -2.29. The summed E-state index contributed by atoms with van der Waals surface area (Å²) in [6, 6.07) is 3.67. The first kappa shape index (κ1) is 10.1. The minimum Gasteiger partial charge on any atom is -0.307 e. The third-order valence-electron chi connectivity index (χ3n) is 1.73. The molecular weight excluding hydrogens is 174 g/mol. The Morgan fingerprint density at radius 3 is 2.92 bits per heavy atom. The molecule has 0 amide bonds. The largest absolute Gasteiger partial charge is 0.307 e. The number of hydrogen-bond donors (Lipinski definition) is 1. The van der Waals surface area contributed by atoms with E-state index in [1.807, 2.05) is 13.0 Å². The third kappa shape index (κ3) is 3.46. The fraction of sp³-hybridized carbons (Fsp3) is 0.444. The summed E-state index contributed by atoms with van der Waals surface area (Å²) in [4.78, 5) is 4.05. The van der Waals surface area contributed by atoms with Crippen molar-refractivity contribution in [3.8, 4) is 0 Å². The fourth-order valence-corrected chi connectivity index (χ4v) is 1.02. The SMILES string of the molecule is Cc1ncccc1CNCC(F)F. The molecule has 0 atom stereocenters. The van der Waals surface area contributed by atoms with Crippen LogP contribution in [0.25, 0.3) is 0 Å². The van der Waals surface area contributed by atoms with Crippen molar-refractivity contribution in [2.75, 3.05) is 6.54 Å². The predicted molar refractivity (Wildman–Crippen MR) is 46.7 cm³/mol. The van der Waals surface area contributed by atoms with Crippen LogP contribution < -0.4 is 5.32 Å². The standard InChI is InChI=1S/C9H12F2N2/c1-7-8(3-2-4-13-7)5-12-6-9(10)11/h2-4,9,12H,5-6H2,1H3. The van der Waals surface area contributed by atoms with Crippen LogP contribution in [0.3, 0.4) is 0 Å². The van der Waals surface area contributed by atoms with Crippen molar-refractivity contribution in [1.82, 2.24) is 10.3 Å². The van der Waals surface area contributed by atoms with Gasteiger partial charge in [-0.25, -0.2) is 8.78 Å². The highest BCUT2D eigenvalue weighted by Gasteiger charge is 2.02. The molecular formula is C9H12F2N2. The van der Waals surface area contributed by atoms with Crippen molar-refractivity contribution in [2.24, 2.45) is 0 Å². The Bertz CT molecular complexity index is 264. The fourth-order valence-electron chi connectivity index (χ4n) is 1.02. The lowest BCUT2D eigenvalue weighted by Gasteiger charge is -2.05. The van der Waals surface area contributed by atoms with Crippen molar-refractivity contribution in [2.45, 2.75) is 19.9 Å². The lowest BCUT2D eigenvalue weighted by molar-refractivity contribution is 0.145. The first-order valence-electron chi connectivity index (χ1n) is 4.09. The van der Waals surface area contributed by atoms with E-state index < -0.39 is 6.43 Å². The van der Waals surface area contributed by atoms with Gasteiger partial charge in [0.2, 0.25) is 0 Å². The molecule has 0 aliphatic carbocycles. The van der Waals surface area contributed by atoms with Crippen LogP contribution in [0.2, 0.25) is 0 Å². The van der Waals surface area contributed by atoms with E-state index in [0.29, 0.717) is 6.54 Å². The molecule has 1 rings (SSSR count). The van der Waals surface area contributed by atoms with Crippen molar-refractivity contribution in [3.05, 3.63) is 29.6 Å². The Hall–Kier alpha value is -1.03. The topological polar surface area (TPSA) is 24.9 Å². The number of nitrogens with one attached hydrogen (secondary N) is 1. The summed E-state index contributed by atoms with van der Waals surface area (Å²) >= 11 is 0. The molecule has 0 saturated heterocycles. The van der Waals surface area contributed by atoms with E-state index in [0.717, 1.165) is 11.3 Å². The van der Waals surface area contributed by atoms with E-state index in [1.165, 1.54) is 0 Å². The molecule has 1 aromatic heterocycles. The number of nitrogens with zero attached hydrogens (tertiary/aromatic N) is 1. The van der Waals surface area contributed by atoms with Crippen molar-refractivity contribution >= 4 is 0 Å². The summed E-state index contributed by atoms with van der Waals surface area (Å²) in [6.45, 7) is 2.04. The van der Waals surface area contributed by atoms with Gasteiger partial charge in [-0.2, -0.15) is 0 Å². The number of pyridine rings is 1.